The summed E-state index contributed by atoms with van der Waals surface area (Å²) in [4.78, 5) is 2.27. The third kappa shape index (κ3) is 4.55. The molecule has 0 saturated heterocycles. The number of benzene rings is 2. The molecule has 0 fully saturated rings. The lowest BCUT2D eigenvalue weighted by molar-refractivity contribution is 0.340. The first-order valence-electron chi connectivity index (χ1n) is 6.87. The number of hydrogen-bond donors (Lipinski definition) is 1. The van der Waals surface area contributed by atoms with Crippen molar-refractivity contribution >= 4 is 17.3 Å². The molecule has 2 aromatic carbocycles. The van der Waals surface area contributed by atoms with Gasteiger partial charge in [0.25, 0.3) is 0 Å². The third-order valence-electron chi connectivity index (χ3n) is 3.24. The normalized spacial score (nSPS) is 10.8. The fourth-order valence-electron chi connectivity index (χ4n) is 2.14. The molecule has 0 spiro atoms. The molecule has 20 heavy (non-hydrogen) atoms. The second-order valence-electron chi connectivity index (χ2n) is 5.13. The van der Waals surface area contributed by atoms with Gasteiger partial charge in [-0.3, -0.25) is 0 Å². The van der Waals surface area contributed by atoms with Gasteiger partial charge in [-0.15, -0.1) is 0 Å². The molecule has 0 atom stereocenters. The Morgan fingerprint density at radius 1 is 1.10 bits per heavy atom. The van der Waals surface area contributed by atoms with Gasteiger partial charge in [0.2, 0.25) is 0 Å². The van der Waals surface area contributed by atoms with Crippen LogP contribution in [0.4, 0.5) is 5.69 Å². The van der Waals surface area contributed by atoms with Gasteiger partial charge in [-0.1, -0.05) is 41.9 Å². The van der Waals surface area contributed by atoms with E-state index >= 15 is 0 Å². The van der Waals surface area contributed by atoms with Gasteiger partial charge in [0.15, 0.2) is 0 Å². The van der Waals surface area contributed by atoms with Crippen molar-refractivity contribution in [3.05, 3.63) is 64.7 Å². The van der Waals surface area contributed by atoms with Gasteiger partial charge >= 0.3 is 0 Å². The van der Waals surface area contributed by atoms with Crippen LogP contribution in [0.25, 0.3) is 0 Å². The number of halogens is 1. The predicted octanol–water partition coefficient (Wildman–Crippen LogP) is 4.19. The smallest absolute Gasteiger partial charge is 0.0451 e. The molecular formula is C17H21ClN2. The van der Waals surface area contributed by atoms with Crippen LogP contribution in [0.5, 0.6) is 0 Å². The third-order valence-corrected chi connectivity index (χ3v) is 3.61. The number of hydrogen-bond acceptors (Lipinski definition) is 2. The Kier molecular flexibility index (Phi) is 5.45. The van der Waals surface area contributed by atoms with Gasteiger partial charge in [0.05, 0.1) is 0 Å². The highest BCUT2D eigenvalue weighted by atomic mass is 35.5. The van der Waals surface area contributed by atoms with Crippen molar-refractivity contribution in [3.8, 4) is 0 Å². The minimum absolute atomic E-state index is 0.839. The van der Waals surface area contributed by atoms with E-state index in [9.17, 15) is 0 Å². The van der Waals surface area contributed by atoms with Crippen LogP contribution < -0.4 is 5.32 Å². The molecule has 2 rings (SSSR count). The van der Waals surface area contributed by atoms with Crippen molar-refractivity contribution < 1.29 is 0 Å². The van der Waals surface area contributed by atoms with Crippen molar-refractivity contribution in [2.24, 2.45) is 0 Å². The lowest BCUT2D eigenvalue weighted by Crippen LogP contribution is -2.24. The first kappa shape index (κ1) is 14.9. The SMILES string of the molecule is Cc1cccc(NCCN(C)Cc2ccccc2Cl)c1. The molecule has 1 N–H and O–H groups in total. The van der Waals surface area contributed by atoms with Gasteiger partial charge < -0.3 is 10.2 Å². The molecule has 0 aliphatic rings. The average molecular weight is 289 g/mol. The van der Waals surface area contributed by atoms with Crippen LogP contribution in [-0.4, -0.2) is 25.0 Å². The lowest BCUT2D eigenvalue weighted by atomic mass is 10.2. The molecule has 3 heteroatoms. The second kappa shape index (κ2) is 7.32. The first-order chi connectivity index (χ1) is 9.65. The summed E-state index contributed by atoms with van der Waals surface area (Å²) >= 11 is 6.17. The van der Waals surface area contributed by atoms with Crippen LogP contribution in [0.1, 0.15) is 11.1 Å². The van der Waals surface area contributed by atoms with Crippen molar-refractivity contribution in [2.45, 2.75) is 13.5 Å². The Balaban J connectivity index is 1.78. The predicted molar refractivity (Wildman–Crippen MR) is 87.5 cm³/mol. The van der Waals surface area contributed by atoms with Crippen LogP contribution in [0.15, 0.2) is 48.5 Å². The summed E-state index contributed by atoms with van der Waals surface area (Å²) < 4.78 is 0. The van der Waals surface area contributed by atoms with Crippen molar-refractivity contribution in [3.63, 3.8) is 0 Å². The Morgan fingerprint density at radius 2 is 1.90 bits per heavy atom. The maximum Gasteiger partial charge on any atom is 0.0451 e. The summed E-state index contributed by atoms with van der Waals surface area (Å²) in [6, 6.07) is 16.4. The summed E-state index contributed by atoms with van der Waals surface area (Å²) in [5.74, 6) is 0. The average Bonchev–Trinajstić information content (AvgIpc) is 2.41. The lowest BCUT2D eigenvalue weighted by Gasteiger charge is -2.18. The molecule has 106 valence electrons. The van der Waals surface area contributed by atoms with Gasteiger partial charge in [-0.05, 0) is 43.3 Å². The van der Waals surface area contributed by atoms with E-state index in [-0.39, 0.29) is 0 Å². The van der Waals surface area contributed by atoms with Crippen molar-refractivity contribution in [1.82, 2.24) is 4.90 Å². The maximum atomic E-state index is 6.17. The van der Waals surface area contributed by atoms with Crippen LogP contribution in [-0.2, 0) is 6.54 Å². The molecular weight excluding hydrogens is 268 g/mol. The van der Waals surface area contributed by atoms with Crippen LogP contribution in [0.2, 0.25) is 5.02 Å². The molecule has 2 aromatic rings. The second-order valence-corrected chi connectivity index (χ2v) is 5.53. The highest BCUT2D eigenvalue weighted by Gasteiger charge is 2.03. The fourth-order valence-corrected chi connectivity index (χ4v) is 2.34. The molecule has 0 unspecified atom stereocenters. The number of likely N-dealkylation sites (N-methyl/N-ethyl adjacent to an activating group) is 1. The largest absolute Gasteiger partial charge is 0.384 e. The number of aryl methyl sites for hydroxylation is 1. The molecule has 0 amide bonds. The van der Waals surface area contributed by atoms with Gasteiger partial charge in [0.1, 0.15) is 0 Å². The molecule has 0 heterocycles. The van der Waals surface area contributed by atoms with Gasteiger partial charge in [-0.25, -0.2) is 0 Å². The van der Waals surface area contributed by atoms with E-state index in [2.05, 4.69) is 54.5 Å². The number of anilines is 1. The van der Waals surface area contributed by atoms with E-state index in [1.165, 1.54) is 16.8 Å². The Labute approximate surface area is 126 Å². The van der Waals surface area contributed by atoms with E-state index in [1.807, 2.05) is 18.2 Å². The van der Waals surface area contributed by atoms with E-state index in [4.69, 9.17) is 11.6 Å². The minimum Gasteiger partial charge on any atom is -0.384 e. The quantitative estimate of drug-likeness (QED) is 0.857. The van der Waals surface area contributed by atoms with Crippen molar-refractivity contribution in [2.75, 3.05) is 25.5 Å². The van der Waals surface area contributed by atoms with Gasteiger partial charge in [0, 0.05) is 30.3 Å². The summed E-state index contributed by atoms with van der Waals surface area (Å²) in [5, 5.41) is 4.28. The molecule has 2 nitrogen and oxygen atoms in total. The van der Waals surface area contributed by atoms with Crippen molar-refractivity contribution in [1.29, 1.82) is 0 Å². The van der Waals surface area contributed by atoms with E-state index in [0.717, 1.165) is 24.7 Å². The Morgan fingerprint density at radius 3 is 2.65 bits per heavy atom. The molecule has 0 aliphatic heterocycles. The maximum absolute atomic E-state index is 6.17. The summed E-state index contributed by atoms with van der Waals surface area (Å²) in [6.07, 6.45) is 0. The molecule has 0 bridgehead atoms. The van der Waals surface area contributed by atoms with Gasteiger partial charge in [-0.2, -0.15) is 0 Å². The fraction of sp³-hybridized carbons (Fsp3) is 0.294. The Bertz CT molecular complexity index is 554. The molecule has 0 radical (unpaired) electrons. The van der Waals surface area contributed by atoms with E-state index in [1.54, 1.807) is 0 Å². The van der Waals surface area contributed by atoms with E-state index < -0.39 is 0 Å². The standard InChI is InChI=1S/C17H21ClN2/c1-14-6-5-8-16(12-14)19-10-11-20(2)13-15-7-3-4-9-17(15)18/h3-9,12,19H,10-11,13H2,1-2H3. The first-order valence-corrected chi connectivity index (χ1v) is 7.25. The minimum atomic E-state index is 0.839. The summed E-state index contributed by atoms with van der Waals surface area (Å²) in [5.41, 5.74) is 3.63. The van der Waals surface area contributed by atoms with Crippen LogP contribution in [0, 0.1) is 6.92 Å². The van der Waals surface area contributed by atoms with E-state index in [0.29, 0.717) is 0 Å². The molecule has 0 aromatic heterocycles. The summed E-state index contributed by atoms with van der Waals surface area (Å²) in [6.45, 7) is 4.87. The number of rotatable bonds is 6. The Hall–Kier alpha value is -1.51. The monoisotopic (exact) mass is 288 g/mol. The highest BCUT2D eigenvalue weighted by molar-refractivity contribution is 6.31. The topological polar surface area (TPSA) is 15.3 Å². The zero-order chi connectivity index (χ0) is 14.4. The molecule has 0 saturated carbocycles. The number of nitrogens with one attached hydrogen (secondary N) is 1. The van der Waals surface area contributed by atoms with Crippen LogP contribution >= 0.6 is 11.6 Å². The van der Waals surface area contributed by atoms with Crippen LogP contribution in [0.3, 0.4) is 0 Å². The zero-order valence-electron chi connectivity index (χ0n) is 12.1. The zero-order valence-corrected chi connectivity index (χ0v) is 12.8. The molecule has 0 aliphatic carbocycles. The highest BCUT2D eigenvalue weighted by Crippen LogP contribution is 2.16. The number of nitrogens with zero attached hydrogens (tertiary/aromatic N) is 1. The summed E-state index contributed by atoms with van der Waals surface area (Å²) in [7, 11) is 2.11.